The van der Waals surface area contributed by atoms with Crippen LogP contribution in [-0.2, 0) is 0 Å². The molecule has 0 radical (unpaired) electrons. The molecule has 0 aliphatic carbocycles. The van der Waals surface area contributed by atoms with Crippen LogP contribution in [0, 0.1) is 0 Å². The lowest BCUT2D eigenvalue weighted by Gasteiger charge is -2.16. The number of carbonyl (C=O) groups excluding carboxylic acids is 1. The molecule has 130 valence electrons. The minimum absolute atomic E-state index is 0.159. The van der Waals surface area contributed by atoms with E-state index in [9.17, 15) is 4.79 Å². The van der Waals surface area contributed by atoms with Gasteiger partial charge in [-0.1, -0.05) is 24.3 Å². The number of nitrogens with zero attached hydrogens (tertiary/aromatic N) is 4. The Kier molecular flexibility index (Phi) is 4.10. The predicted octanol–water partition coefficient (Wildman–Crippen LogP) is 3.24. The largest absolute Gasteiger partial charge is 0.334 e. The van der Waals surface area contributed by atoms with Crippen molar-refractivity contribution in [3.8, 4) is 5.69 Å². The van der Waals surface area contributed by atoms with Gasteiger partial charge in [0.05, 0.1) is 23.4 Å². The standard InChI is InChI=1S/C19H18N6O/c1-14(15-5-4-6-16(11-15)24-10-9-20-12-24)22-19(26)23-25-13-21-17-7-2-3-8-18(17)25/h2-14H,1H3,(H2,22,23,26). The molecule has 26 heavy (non-hydrogen) atoms. The maximum absolute atomic E-state index is 12.4. The summed E-state index contributed by atoms with van der Waals surface area (Å²) in [6.45, 7) is 1.94. The van der Waals surface area contributed by atoms with Gasteiger partial charge < -0.3 is 9.88 Å². The first-order chi connectivity index (χ1) is 12.7. The van der Waals surface area contributed by atoms with Gasteiger partial charge in [-0.15, -0.1) is 0 Å². The van der Waals surface area contributed by atoms with Gasteiger partial charge in [0.25, 0.3) is 0 Å². The molecule has 4 rings (SSSR count). The van der Waals surface area contributed by atoms with E-state index in [0.29, 0.717) is 0 Å². The van der Waals surface area contributed by atoms with Crippen LogP contribution in [-0.4, -0.2) is 25.2 Å². The van der Waals surface area contributed by atoms with Crippen molar-refractivity contribution in [2.75, 3.05) is 5.43 Å². The zero-order valence-electron chi connectivity index (χ0n) is 14.2. The number of carbonyl (C=O) groups is 1. The summed E-state index contributed by atoms with van der Waals surface area (Å²) in [5, 5.41) is 2.95. The van der Waals surface area contributed by atoms with Gasteiger partial charge in [0, 0.05) is 18.1 Å². The van der Waals surface area contributed by atoms with E-state index in [1.807, 2.05) is 66.2 Å². The Bertz CT molecular complexity index is 1040. The number of benzene rings is 2. The molecule has 2 amide bonds. The Hall–Kier alpha value is -3.61. The van der Waals surface area contributed by atoms with Gasteiger partial charge in [-0.05, 0) is 36.8 Å². The minimum Gasteiger partial charge on any atom is -0.330 e. The van der Waals surface area contributed by atoms with Crippen molar-refractivity contribution < 1.29 is 4.79 Å². The summed E-state index contributed by atoms with van der Waals surface area (Å²) in [4.78, 5) is 20.7. The van der Waals surface area contributed by atoms with Gasteiger partial charge in [0.1, 0.15) is 6.33 Å². The van der Waals surface area contributed by atoms with Gasteiger partial charge >= 0.3 is 6.03 Å². The molecular formula is C19H18N6O. The molecule has 4 aromatic rings. The Labute approximate surface area is 150 Å². The Morgan fingerprint density at radius 1 is 1.12 bits per heavy atom. The lowest BCUT2D eigenvalue weighted by Crippen LogP contribution is -2.35. The summed E-state index contributed by atoms with van der Waals surface area (Å²) >= 11 is 0. The van der Waals surface area contributed by atoms with Crippen LogP contribution in [0.2, 0.25) is 0 Å². The average molecular weight is 346 g/mol. The molecule has 2 N–H and O–H groups in total. The van der Waals surface area contributed by atoms with Crippen molar-refractivity contribution in [3.63, 3.8) is 0 Å². The van der Waals surface area contributed by atoms with E-state index in [4.69, 9.17) is 0 Å². The predicted molar refractivity (Wildman–Crippen MR) is 99.6 cm³/mol. The van der Waals surface area contributed by atoms with E-state index in [-0.39, 0.29) is 12.1 Å². The Morgan fingerprint density at radius 2 is 2.00 bits per heavy atom. The van der Waals surface area contributed by atoms with Crippen LogP contribution in [0.25, 0.3) is 16.7 Å². The molecule has 1 atom stereocenters. The number of urea groups is 1. The van der Waals surface area contributed by atoms with Crippen LogP contribution < -0.4 is 10.7 Å². The lowest BCUT2D eigenvalue weighted by molar-refractivity contribution is 0.247. The number of imidazole rings is 2. The fourth-order valence-corrected chi connectivity index (χ4v) is 2.84. The maximum atomic E-state index is 12.4. The topological polar surface area (TPSA) is 76.8 Å². The molecule has 0 saturated heterocycles. The molecule has 0 spiro atoms. The highest BCUT2D eigenvalue weighted by Crippen LogP contribution is 2.17. The maximum Gasteiger partial charge on any atom is 0.334 e. The molecule has 0 aliphatic rings. The quantitative estimate of drug-likeness (QED) is 0.595. The number of rotatable bonds is 4. The molecule has 7 heteroatoms. The van der Waals surface area contributed by atoms with E-state index < -0.39 is 0 Å². The van der Waals surface area contributed by atoms with Crippen LogP contribution in [0.1, 0.15) is 18.5 Å². The van der Waals surface area contributed by atoms with Crippen molar-refractivity contribution in [3.05, 3.63) is 79.1 Å². The number of para-hydroxylation sites is 2. The van der Waals surface area contributed by atoms with Crippen molar-refractivity contribution in [1.82, 2.24) is 24.5 Å². The first-order valence-corrected chi connectivity index (χ1v) is 8.28. The molecule has 0 aliphatic heterocycles. The number of aromatic nitrogens is 4. The third kappa shape index (κ3) is 3.14. The van der Waals surface area contributed by atoms with Gasteiger partial charge in [0.2, 0.25) is 0 Å². The minimum atomic E-state index is -0.298. The lowest BCUT2D eigenvalue weighted by atomic mass is 10.1. The summed E-state index contributed by atoms with van der Waals surface area (Å²) in [6.07, 6.45) is 6.95. The highest BCUT2D eigenvalue weighted by molar-refractivity contribution is 5.85. The average Bonchev–Trinajstić information content (AvgIpc) is 3.32. The second-order valence-corrected chi connectivity index (χ2v) is 5.98. The third-order valence-corrected chi connectivity index (χ3v) is 4.20. The summed E-state index contributed by atoms with van der Waals surface area (Å²) < 4.78 is 3.53. The van der Waals surface area contributed by atoms with Crippen LogP contribution >= 0.6 is 0 Å². The van der Waals surface area contributed by atoms with Gasteiger partial charge in [0.15, 0.2) is 0 Å². The van der Waals surface area contributed by atoms with Crippen molar-refractivity contribution >= 4 is 17.1 Å². The molecule has 0 bridgehead atoms. The van der Waals surface area contributed by atoms with Crippen molar-refractivity contribution in [1.29, 1.82) is 0 Å². The number of nitrogens with one attached hydrogen (secondary N) is 2. The molecule has 2 aromatic carbocycles. The first kappa shape index (κ1) is 15.9. The van der Waals surface area contributed by atoms with Gasteiger partial charge in [-0.2, -0.15) is 0 Å². The van der Waals surface area contributed by atoms with Crippen LogP contribution in [0.4, 0.5) is 4.79 Å². The second-order valence-electron chi connectivity index (χ2n) is 5.98. The Morgan fingerprint density at radius 3 is 2.85 bits per heavy atom. The number of hydrogen-bond acceptors (Lipinski definition) is 3. The van der Waals surface area contributed by atoms with E-state index >= 15 is 0 Å². The smallest absolute Gasteiger partial charge is 0.330 e. The monoisotopic (exact) mass is 346 g/mol. The van der Waals surface area contributed by atoms with E-state index in [1.54, 1.807) is 23.5 Å². The van der Waals surface area contributed by atoms with Crippen LogP contribution in [0.3, 0.4) is 0 Å². The summed E-state index contributed by atoms with van der Waals surface area (Å²) in [5.41, 5.74) is 6.47. The number of amides is 2. The van der Waals surface area contributed by atoms with Gasteiger partial charge in [-0.25, -0.2) is 24.9 Å². The third-order valence-electron chi connectivity index (χ3n) is 4.20. The highest BCUT2D eigenvalue weighted by atomic mass is 16.2. The zero-order valence-corrected chi connectivity index (χ0v) is 14.2. The van der Waals surface area contributed by atoms with Crippen molar-refractivity contribution in [2.24, 2.45) is 0 Å². The molecule has 1 unspecified atom stereocenters. The molecule has 0 saturated carbocycles. The summed E-state index contributed by atoms with van der Waals surface area (Å²) in [6, 6.07) is 15.1. The molecule has 7 nitrogen and oxygen atoms in total. The van der Waals surface area contributed by atoms with E-state index in [0.717, 1.165) is 22.3 Å². The first-order valence-electron chi connectivity index (χ1n) is 8.28. The van der Waals surface area contributed by atoms with E-state index in [2.05, 4.69) is 20.7 Å². The van der Waals surface area contributed by atoms with Crippen LogP contribution in [0.5, 0.6) is 0 Å². The molecule has 2 heterocycles. The molecule has 0 fully saturated rings. The van der Waals surface area contributed by atoms with E-state index in [1.165, 1.54) is 0 Å². The number of fused-ring (bicyclic) bond motifs is 1. The fraction of sp³-hybridized carbons (Fsp3) is 0.105. The molecular weight excluding hydrogens is 328 g/mol. The van der Waals surface area contributed by atoms with Crippen molar-refractivity contribution in [2.45, 2.75) is 13.0 Å². The normalized spacial score (nSPS) is 12.0. The fourth-order valence-electron chi connectivity index (χ4n) is 2.84. The summed E-state index contributed by atoms with van der Waals surface area (Å²) in [7, 11) is 0. The number of hydrogen-bond donors (Lipinski definition) is 2. The molecule has 2 aromatic heterocycles. The van der Waals surface area contributed by atoms with Crippen LogP contribution in [0.15, 0.2) is 73.6 Å². The zero-order chi connectivity index (χ0) is 17.9. The highest BCUT2D eigenvalue weighted by Gasteiger charge is 2.11. The summed E-state index contributed by atoms with van der Waals surface area (Å²) in [5.74, 6) is 0. The second kappa shape index (κ2) is 6.72. The Balaban J connectivity index is 1.47. The SMILES string of the molecule is CC(NC(=O)Nn1cnc2ccccc21)c1cccc(-n2ccnc2)c1. The van der Waals surface area contributed by atoms with Gasteiger partial charge in [-0.3, -0.25) is 0 Å².